The number of carbonyl (C=O) groups excluding carboxylic acids is 1. The maximum atomic E-state index is 12.8. The Hall–Kier alpha value is -3.06. The van der Waals surface area contributed by atoms with Crippen LogP contribution in [0.4, 0.5) is 5.69 Å². The topological polar surface area (TPSA) is 107 Å². The number of pyridine rings is 1. The number of nitrogen functional groups attached to an aromatic ring is 1. The van der Waals surface area contributed by atoms with Gasteiger partial charge in [0.05, 0.1) is 6.04 Å². The van der Waals surface area contributed by atoms with Crippen LogP contribution in [0.5, 0.6) is 0 Å². The van der Waals surface area contributed by atoms with E-state index in [1.807, 2.05) is 24.3 Å². The van der Waals surface area contributed by atoms with Crippen LogP contribution in [0.3, 0.4) is 0 Å². The number of anilines is 1. The third kappa shape index (κ3) is 3.21. The lowest BCUT2D eigenvalue weighted by molar-refractivity contribution is 0.0917. The third-order valence-corrected chi connectivity index (χ3v) is 4.68. The van der Waals surface area contributed by atoms with Crippen molar-refractivity contribution < 1.29 is 9.32 Å². The molecule has 0 radical (unpaired) electrons. The summed E-state index contributed by atoms with van der Waals surface area (Å²) >= 11 is 0. The summed E-state index contributed by atoms with van der Waals surface area (Å²) in [5.74, 6) is 1.15. The quantitative estimate of drug-likeness (QED) is 0.550. The average molecular weight is 349 g/mol. The molecular formula is C19H19N5O2. The maximum Gasteiger partial charge on any atom is 0.230 e. The number of piperidine rings is 1. The average Bonchev–Trinajstić information content (AvgIpc) is 3.19. The van der Waals surface area contributed by atoms with Gasteiger partial charge in [0.25, 0.3) is 0 Å². The van der Waals surface area contributed by atoms with Crippen molar-refractivity contribution in [3.8, 4) is 11.4 Å². The standard InChI is InChI=1S/C19H19N5O2/c20-15-4-2-1-3-14(15)17(25)16-11-13(7-10-22-16)19-23-18(24-26-19)12-5-8-21-9-6-12/h1-6,8-9,13,16,22H,7,10-11,20H2. The fraction of sp³-hybridized carbons (Fsp3) is 0.263. The van der Waals surface area contributed by atoms with Gasteiger partial charge in [0.1, 0.15) is 0 Å². The summed E-state index contributed by atoms with van der Waals surface area (Å²) in [6.07, 6.45) is 4.82. The molecule has 7 nitrogen and oxygen atoms in total. The lowest BCUT2D eigenvalue weighted by Gasteiger charge is -2.27. The lowest BCUT2D eigenvalue weighted by Crippen LogP contribution is -2.43. The fourth-order valence-electron chi connectivity index (χ4n) is 3.27. The SMILES string of the molecule is Nc1ccccc1C(=O)C1CC(c2nc(-c3ccncc3)no2)CCN1. The van der Waals surface area contributed by atoms with E-state index in [1.54, 1.807) is 24.5 Å². The Morgan fingerprint density at radius 1 is 1.19 bits per heavy atom. The monoisotopic (exact) mass is 349 g/mol. The Bertz CT molecular complexity index is 909. The molecule has 1 aromatic carbocycles. The van der Waals surface area contributed by atoms with Gasteiger partial charge in [0.15, 0.2) is 5.78 Å². The van der Waals surface area contributed by atoms with E-state index in [9.17, 15) is 4.79 Å². The second-order valence-electron chi connectivity index (χ2n) is 6.37. The van der Waals surface area contributed by atoms with Gasteiger partial charge in [-0.15, -0.1) is 0 Å². The van der Waals surface area contributed by atoms with Crippen LogP contribution in [0, 0.1) is 0 Å². The molecule has 2 atom stereocenters. The van der Waals surface area contributed by atoms with Gasteiger partial charge in [-0.1, -0.05) is 17.3 Å². The Morgan fingerprint density at radius 3 is 2.81 bits per heavy atom. The van der Waals surface area contributed by atoms with E-state index in [-0.39, 0.29) is 17.7 Å². The normalized spacial score (nSPS) is 20.0. The van der Waals surface area contributed by atoms with Crippen LogP contribution in [0.15, 0.2) is 53.3 Å². The second kappa shape index (κ2) is 7.05. The predicted octanol–water partition coefficient (Wildman–Crippen LogP) is 2.43. The summed E-state index contributed by atoms with van der Waals surface area (Å²) in [6, 6.07) is 10.5. The van der Waals surface area contributed by atoms with E-state index >= 15 is 0 Å². The highest BCUT2D eigenvalue weighted by molar-refractivity contribution is 6.04. The van der Waals surface area contributed by atoms with Crippen molar-refractivity contribution in [3.63, 3.8) is 0 Å². The first-order valence-corrected chi connectivity index (χ1v) is 8.58. The number of nitrogens with zero attached hydrogens (tertiary/aromatic N) is 3. The Balaban J connectivity index is 1.52. The van der Waals surface area contributed by atoms with E-state index in [4.69, 9.17) is 10.3 Å². The number of aromatic nitrogens is 3. The summed E-state index contributed by atoms with van der Waals surface area (Å²) in [4.78, 5) is 21.3. The second-order valence-corrected chi connectivity index (χ2v) is 6.37. The minimum atomic E-state index is -0.310. The predicted molar refractivity (Wildman–Crippen MR) is 96.5 cm³/mol. The van der Waals surface area contributed by atoms with Crippen LogP contribution in [0.1, 0.15) is 35.0 Å². The molecule has 132 valence electrons. The highest BCUT2D eigenvalue weighted by Crippen LogP contribution is 2.29. The number of carbonyl (C=O) groups is 1. The molecule has 1 aliphatic heterocycles. The van der Waals surface area contributed by atoms with E-state index < -0.39 is 0 Å². The molecule has 7 heteroatoms. The molecule has 4 rings (SSSR count). The molecule has 3 N–H and O–H groups in total. The molecule has 2 unspecified atom stereocenters. The molecule has 0 amide bonds. The molecule has 1 aliphatic rings. The molecule has 2 aromatic heterocycles. The number of nitrogens with two attached hydrogens (primary N) is 1. The molecule has 0 aliphatic carbocycles. The molecule has 3 aromatic rings. The molecule has 1 fully saturated rings. The van der Waals surface area contributed by atoms with Gasteiger partial charge in [-0.25, -0.2) is 0 Å². The number of hydrogen-bond donors (Lipinski definition) is 2. The van der Waals surface area contributed by atoms with Crippen molar-refractivity contribution in [1.82, 2.24) is 20.4 Å². The maximum absolute atomic E-state index is 12.8. The van der Waals surface area contributed by atoms with Gasteiger partial charge < -0.3 is 15.6 Å². The van der Waals surface area contributed by atoms with Gasteiger partial charge in [0.2, 0.25) is 11.7 Å². The summed E-state index contributed by atoms with van der Waals surface area (Å²) in [7, 11) is 0. The minimum absolute atomic E-state index is 0.00155. The van der Waals surface area contributed by atoms with Crippen molar-refractivity contribution in [3.05, 3.63) is 60.2 Å². The number of rotatable bonds is 4. The fourth-order valence-corrected chi connectivity index (χ4v) is 3.27. The Morgan fingerprint density at radius 2 is 2.00 bits per heavy atom. The van der Waals surface area contributed by atoms with Crippen LogP contribution in [-0.2, 0) is 0 Å². The molecule has 0 spiro atoms. The summed E-state index contributed by atoms with van der Waals surface area (Å²) in [6.45, 7) is 0.709. The van der Waals surface area contributed by atoms with Crippen molar-refractivity contribution in [2.24, 2.45) is 0 Å². The largest absolute Gasteiger partial charge is 0.398 e. The van der Waals surface area contributed by atoms with E-state index in [1.165, 1.54) is 0 Å². The smallest absolute Gasteiger partial charge is 0.230 e. The first-order chi connectivity index (χ1) is 12.7. The lowest BCUT2D eigenvalue weighted by atomic mass is 9.88. The Kier molecular flexibility index (Phi) is 4.45. The molecule has 3 heterocycles. The van der Waals surface area contributed by atoms with Crippen LogP contribution < -0.4 is 11.1 Å². The summed E-state index contributed by atoms with van der Waals surface area (Å²) in [5, 5.41) is 7.34. The van der Waals surface area contributed by atoms with Gasteiger partial charge in [-0.3, -0.25) is 9.78 Å². The zero-order chi connectivity index (χ0) is 17.9. The van der Waals surface area contributed by atoms with E-state index in [2.05, 4.69) is 20.4 Å². The first kappa shape index (κ1) is 16.4. The minimum Gasteiger partial charge on any atom is -0.398 e. The van der Waals surface area contributed by atoms with Crippen molar-refractivity contribution in [2.75, 3.05) is 12.3 Å². The zero-order valence-electron chi connectivity index (χ0n) is 14.1. The van der Waals surface area contributed by atoms with Gasteiger partial charge in [-0.05, 0) is 43.7 Å². The van der Waals surface area contributed by atoms with Crippen LogP contribution in [0.25, 0.3) is 11.4 Å². The van der Waals surface area contributed by atoms with Crippen molar-refractivity contribution in [1.29, 1.82) is 0 Å². The molecular weight excluding hydrogens is 330 g/mol. The number of nitrogens with one attached hydrogen (secondary N) is 1. The molecule has 1 saturated heterocycles. The number of Topliss-reactive ketones (excluding diaryl/α,β-unsaturated/α-hetero) is 1. The van der Waals surface area contributed by atoms with Gasteiger partial charge in [-0.2, -0.15) is 4.98 Å². The number of ketones is 1. The summed E-state index contributed by atoms with van der Waals surface area (Å²) < 4.78 is 5.47. The van der Waals surface area contributed by atoms with Crippen molar-refractivity contribution in [2.45, 2.75) is 24.8 Å². The zero-order valence-corrected chi connectivity index (χ0v) is 14.1. The number of benzene rings is 1. The van der Waals surface area contributed by atoms with E-state index in [0.29, 0.717) is 35.9 Å². The van der Waals surface area contributed by atoms with Gasteiger partial charge >= 0.3 is 0 Å². The number of hydrogen-bond acceptors (Lipinski definition) is 7. The highest BCUT2D eigenvalue weighted by Gasteiger charge is 2.32. The van der Waals surface area contributed by atoms with E-state index in [0.717, 1.165) is 12.0 Å². The number of para-hydroxylation sites is 1. The molecule has 0 bridgehead atoms. The van der Waals surface area contributed by atoms with Gasteiger partial charge in [0, 0.05) is 35.1 Å². The third-order valence-electron chi connectivity index (χ3n) is 4.68. The van der Waals surface area contributed by atoms with Crippen molar-refractivity contribution >= 4 is 11.5 Å². The molecule has 0 saturated carbocycles. The highest BCUT2D eigenvalue weighted by atomic mass is 16.5. The summed E-state index contributed by atoms with van der Waals surface area (Å²) in [5.41, 5.74) is 7.85. The van der Waals surface area contributed by atoms with Crippen LogP contribution >= 0.6 is 0 Å². The van der Waals surface area contributed by atoms with Crippen LogP contribution in [0.2, 0.25) is 0 Å². The Labute approximate surface area is 150 Å². The van der Waals surface area contributed by atoms with Crippen LogP contribution in [-0.4, -0.2) is 33.5 Å². The molecule has 26 heavy (non-hydrogen) atoms. The first-order valence-electron chi connectivity index (χ1n) is 8.58.